The van der Waals surface area contributed by atoms with Crippen LogP contribution in [0.5, 0.6) is 0 Å². The van der Waals surface area contributed by atoms with Crippen molar-refractivity contribution in [3.05, 3.63) is 18.0 Å². The van der Waals surface area contributed by atoms with Crippen molar-refractivity contribution >= 4 is 11.8 Å². The molecule has 26 heavy (non-hydrogen) atoms. The van der Waals surface area contributed by atoms with Crippen molar-refractivity contribution in [2.75, 3.05) is 13.1 Å². The number of carbonyl (C=O) groups is 2. The van der Waals surface area contributed by atoms with Crippen molar-refractivity contribution in [3.63, 3.8) is 0 Å². The molecular weight excluding hydrogens is 328 g/mol. The van der Waals surface area contributed by atoms with Crippen molar-refractivity contribution in [2.45, 2.75) is 64.8 Å². The zero-order valence-electron chi connectivity index (χ0n) is 15.9. The molecule has 2 unspecified atom stereocenters. The monoisotopic (exact) mass is 358 g/mol. The van der Waals surface area contributed by atoms with Gasteiger partial charge in [-0.3, -0.25) is 14.7 Å². The SMILES string of the molecule is CC1(C)CCCCC1C(=O)NC1CCCC12CN(C(=O)c1cn[nH]c1)C2. The van der Waals surface area contributed by atoms with Gasteiger partial charge in [0.2, 0.25) is 5.91 Å². The van der Waals surface area contributed by atoms with Crippen LogP contribution in [0, 0.1) is 16.7 Å². The van der Waals surface area contributed by atoms with Gasteiger partial charge in [-0.1, -0.05) is 33.1 Å². The molecule has 2 heterocycles. The van der Waals surface area contributed by atoms with E-state index in [1.54, 1.807) is 12.4 Å². The molecular formula is C20H30N4O2. The molecule has 0 radical (unpaired) electrons. The van der Waals surface area contributed by atoms with Crippen molar-refractivity contribution in [1.82, 2.24) is 20.4 Å². The van der Waals surface area contributed by atoms with E-state index in [0.717, 1.165) is 51.6 Å². The van der Waals surface area contributed by atoms with Crippen LogP contribution in [0.2, 0.25) is 0 Å². The lowest BCUT2D eigenvalue weighted by atomic mass is 9.68. The van der Waals surface area contributed by atoms with Gasteiger partial charge in [0.25, 0.3) is 5.91 Å². The summed E-state index contributed by atoms with van der Waals surface area (Å²) in [6.07, 6.45) is 11.0. The quantitative estimate of drug-likeness (QED) is 0.872. The molecule has 4 rings (SSSR count). The first kappa shape index (κ1) is 17.6. The fourth-order valence-electron chi connectivity index (χ4n) is 5.40. The molecule has 2 amide bonds. The third-order valence-corrected chi connectivity index (χ3v) is 7.09. The number of nitrogens with zero attached hydrogens (tertiary/aromatic N) is 2. The van der Waals surface area contributed by atoms with Gasteiger partial charge in [0, 0.05) is 36.7 Å². The Morgan fingerprint density at radius 2 is 2.00 bits per heavy atom. The lowest BCUT2D eigenvalue weighted by Crippen LogP contribution is -2.65. The molecule has 2 aliphatic carbocycles. The summed E-state index contributed by atoms with van der Waals surface area (Å²) in [5, 5.41) is 9.96. The molecule has 1 aromatic heterocycles. The van der Waals surface area contributed by atoms with Gasteiger partial charge in [-0.25, -0.2) is 0 Å². The highest BCUT2D eigenvalue weighted by atomic mass is 16.2. The summed E-state index contributed by atoms with van der Waals surface area (Å²) >= 11 is 0. The first-order chi connectivity index (χ1) is 12.4. The van der Waals surface area contributed by atoms with Gasteiger partial charge in [0.15, 0.2) is 0 Å². The smallest absolute Gasteiger partial charge is 0.257 e. The van der Waals surface area contributed by atoms with E-state index in [-0.39, 0.29) is 34.6 Å². The summed E-state index contributed by atoms with van der Waals surface area (Å²) in [5.74, 6) is 0.396. The first-order valence-electron chi connectivity index (χ1n) is 10.00. The minimum absolute atomic E-state index is 0.0368. The first-order valence-corrected chi connectivity index (χ1v) is 10.00. The van der Waals surface area contributed by atoms with Gasteiger partial charge < -0.3 is 10.2 Å². The highest BCUT2D eigenvalue weighted by Gasteiger charge is 2.54. The van der Waals surface area contributed by atoms with Crippen LogP contribution in [0.4, 0.5) is 0 Å². The number of rotatable bonds is 3. The van der Waals surface area contributed by atoms with Gasteiger partial charge in [-0.15, -0.1) is 0 Å². The molecule has 1 aliphatic heterocycles. The maximum absolute atomic E-state index is 13.0. The Morgan fingerprint density at radius 1 is 1.19 bits per heavy atom. The molecule has 2 N–H and O–H groups in total. The third kappa shape index (κ3) is 2.93. The van der Waals surface area contributed by atoms with Gasteiger partial charge in [-0.2, -0.15) is 5.10 Å². The van der Waals surface area contributed by atoms with Gasteiger partial charge in [0.1, 0.15) is 0 Å². The number of nitrogens with one attached hydrogen (secondary N) is 2. The summed E-state index contributed by atoms with van der Waals surface area (Å²) in [5.41, 5.74) is 0.785. The average Bonchev–Trinajstić information content (AvgIpc) is 3.22. The lowest BCUT2D eigenvalue weighted by Gasteiger charge is -2.52. The molecule has 0 aromatic carbocycles. The van der Waals surface area contributed by atoms with Crippen LogP contribution in [0.15, 0.2) is 12.4 Å². The van der Waals surface area contributed by atoms with Gasteiger partial charge >= 0.3 is 0 Å². The summed E-state index contributed by atoms with van der Waals surface area (Å²) in [4.78, 5) is 27.4. The molecule has 6 nitrogen and oxygen atoms in total. The Labute approximate surface area is 155 Å². The van der Waals surface area contributed by atoms with E-state index in [2.05, 4.69) is 29.4 Å². The number of aromatic amines is 1. The second-order valence-electron chi connectivity index (χ2n) is 9.25. The second-order valence-corrected chi connectivity index (χ2v) is 9.25. The Morgan fingerprint density at radius 3 is 2.69 bits per heavy atom. The minimum atomic E-state index is 0.0368. The van der Waals surface area contributed by atoms with E-state index in [9.17, 15) is 9.59 Å². The number of carbonyl (C=O) groups excluding carboxylic acids is 2. The molecule has 1 spiro atoms. The van der Waals surface area contributed by atoms with E-state index >= 15 is 0 Å². The van der Waals surface area contributed by atoms with Crippen molar-refractivity contribution in [3.8, 4) is 0 Å². The van der Waals surface area contributed by atoms with E-state index in [1.807, 2.05) is 4.90 Å². The van der Waals surface area contributed by atoms with E-state index < -0.39 is 0 Å². The van der Waals surface area contributed by atoms with Crippen LogP contribution >= 0.6 is 0 Å². The summed E-state index contributed by atoms with van der Waals surface area (Å²) in [7, 11) is 0. The number of H-pyrrole nitrogens is 1. The Balaban J connectivity index is 1.39. The van der Waals surface area contributed by atoms with E-state index in [4.69, 9.17) is 0 Å². The highest BCUT2D eigenvalue weighted by Crippen LogP contribution is 2.47. The lowest BCUT2D eigenvalue weighted by molar-refractivity contribution is -0.132. The van der Waals surface area contributed by atoms with Crippen LogP contribution in [0.3, 0.4) is 0 Å². The number of aromatic nitrogens is 2. The van der Waals surface area contributed by atoms with Crippen LogP contribution in [-0.2, 0) is 4.79 Å². The predicted octanol–water partition coefficient (Wildman–Crippen LogP) is 2.74. The molecule has 0 bridgehead atoms. The van der Waals surface area contributed by atoms with E-state index in [1.165, 1.54) is 6.42 Å². The molecule has 6 heteroatoms. The molecule has 1 aromatic rings. The average molecular weight is 358 g/mol. The predicted molar refractivity (Wildman–Crippen MR) is 98.4 cm³/mol. The van der Waals surface area contributed by atoms with Gasteiger partial charge in [-0.05, 0) is 31.1 Å². The molecule has 1 saturated heterocycles. The van der Waals surface area contributed by atoms with Crippen LogP contribution < -0.4 is 5.32 Å². The fourth-order valence-corrected chi connectivity index (χ4v) is 5.40. The summed E-state index contributed by atoms with van der Waals surface area (Å²) < 4.78 is 0. The minimum Gasteiger partial charge on any atom is -0.352 e. The zero-order valence-corrected chi connectivity index (χ0v) is 15.9. The highest BCUT2D eigenvalue weighted by molar-refractivity contribution is 5.94. The largest absolute Gasteiger partial charge is 0.352 e. The van der Waals surface area contributed by atoms with E-state index in [0.29, 0.717) is 5.56 Å². The maximum Gasteiger partial charge on any atom is 0.257 e. The zero-order chi connectivity index (χ0) is 18.4. The molecule has 2 saturated carbocycles. The van der Waals surface area contributed by atoms with Crippen LogP contribution in [0.25, 0.3) is 0 Å². The van der Waals surface area contributed by atoms with Crippen molar-refractivity contribution in [1.29, 1.82) is 0 Å². The number of hydrogen-bond donors (Lipinski definition) is 2. The van der Waals surface area contributed by atoms with Crippen LogP contribution in [0.1, 0.15) is 69.2 Å². The van der Waals surface area contributed by atoms with Crippen molar-refractivity contribution < 1.29 is 9.59 Å². The Hall–Kier alpha value is -1.85. The fraction of sp³-hybridized carbons (Fsp3) is 0.750. The Bertz CT molecular complexity index is 676. The van der Waals surface area contributed by atoms with Crippen molar-refractivity contribution in [2.24, 2.45) is 16.7 Å². The number of hydrogen-bond acceptors (Lipinski definition) is 3. The number of likely N-dealkylation sites (tertiary alicyclic amines) is 1. The summed E-state index contributed by atoms with van der Waals surface area (Å²) in [6.45, 7) is 5.96. The Kier molecular flexibility index (Phi) is 4.32. The van der Waals surface area contributed by atoms with Gasteiger partial charge in [0.05, 0.1) is 11.8 Å². The molecule has 2 atom stereocenters. The normalized spacial score (nSPS) is 29.4. The molecule has 3 fully saturated rings. The topological polar surface area (TPSA) is 78.1 Å². The standard InChI is InChI=1S/C20H30N4O2/c1-19(2)8-4-3-6-15(19)17(25)23-16-7-5-9-20(16)12-24(13-20)18(26)14-10-21-22-11-14/h10-11,15-16H,3-9,12-13H2,1-2H3,(H,21,22)(H,23,25). The summed E-state index contributed by atoms with van der Waals surface area (Å²) in [6, 6.07) is 0.209. The van der Waals surface area contributed by atoms with Crippen LogP contribution in [-0.4, -0.2) is 46.0 Å². The second kappa shape index (κ2) is 6.39. The maximum atomic E-state index is 13.0. The molecule has 3 aliphatic rings. The third-order valence-electron chi connectivity index (χ3n) is 7.09. The number of amides is 2. The molecule has 142 valence electrons.